The molecule has 0 aliphatic rings. The van der Waals surface area contributed by atoms with Crippen molar-refractivity contribution < 1.29 is 0 Å². The van der Waals surface area contributed by atoms with E-state index < -0.39 is 0 Å². The van der Waals surface area contributed by atoms with Gasteiger partial charge in [-0.25, -0.2) is 0 Å². The molecule has 1 aromatic carbocycles. The summed E-state index contributed by atoms with van der Waals surface area (Å²) in [6, 6.07) is 8.75. The molecular weight excluding hydrogens is 170 g/mol. The fourth-order valence-electron chi connectivity index (χ4n) is 1.80. The molecule has 0 heterocycles. The van der Waals surface area contributed by atoms with Gasteiger partial charge in [-0.1, -0.05) is 51.0 Å². The first-order chi connectivity index (χ1) is 6.79. The highest BCUT2D eigenvalue weighted by atomic mass is 14.6. The minimum Gasteiger partial charge on any atom is -0.324 e. The van der Waals surface area contributed by atoms with E-state index >= 15 is 0 Å². The SMILES string of the molecule is CCCC[C@H](N)c1ccccc1CC. The molecule has 0 aliphatic carbocycles. The summed E-state index contributed by atoms with van der Waals surface area (Å²) in [7, 11) is 0. The van der Waals surface area contributed by atoms with Crippen LogP contribution in [-0.4, -0.2) is 0 Å². The van der Waals surface area contributed by atoms with Crippen molar-refractivity contribution in [3.05, 3.63) is 35.4 Å². The summed E-state index contributed by atoms with van der Waals surface area (Å²) in [6.07, 6.45) is 4.63. The minimum atomic E-state index is 0.228. The third-order valence-electron chi connectivity index (χ3n) is 2.70. The predicted octanol–water partition coefficient (Wildman–Crippen LogP) is 3.44. The van der Waals surface area contributed by atoms with Crippen LogP contribution < -0.4 is 5.73 Å². The molecule has 1 atom stereocenters. The lowest BCUT2D eigenvalue weighted by molar-refractivity contribution is 0.599. The fourth-order valence-corrected chi connectivity index (χ4v) is 1.80. The summed E-state index contributed by atoms with van der Waals surface area (Å²) < 4.78 is 0. The summed E-state index contributed by atoms with van der Waals surface area (Å²) in [5.41, 5.74) is 8.89. The quantitative estimate of drug-likeness (QED) is 0.758. The van der Waals surface area contributed by atoms with Crippen molar-refractivity contribution in [2.24, 2.45) is 5.73 Å². The van der Waals surface area contributed by atoms with Crippen LogP contribution in [0.4, 0.5) is 0 Å². The lowest BCUT2D eigenvalue weighted by Crippen LogP contribution is -2.12. The number of hydrogen-bond acceptors (Lipinski definition) is 1. The molecule has 0 saturated heterocycles. The Balaban J connectivity index is 2.72. The third kappa shape index (κ3) is 2.85. The van der Waals surface area contributed by atoms with Crippen LogP contribution in [0.3, 0.4) is 0 Å². The monoisotopic (exact) mass is 191 g/mol. The summed E-state index contributed by atoms with van der Waals surface area (Å²) in [4.78, 5) is 0. The van der Waals surface area contributed by atoms with Crippen LogP contribution in [0.1, 0.15) is 50.3 Å². The molecule has 0 radical (unpaired) electrons. The van der Waals surface area contributed by atoms with E-state index in [0.717, 1.165) is 12.8 Å². The Bertz CT molecular complexity index is 268. The Labute approximate surface area is 87.3 Å². The molecule has 78 valence electrons. The topological polar surface area (TPSA) is 26.0 Å². The Kier molecular flexibility index (Phi) is 4.68. The Morgan fingerprint density at radius 3 is 2.57 bits per heavy atom. The number of benzene rings is 1. The molecule has 0 saturated carbocycles. The second kappa shape index (κ2) is 5.82. The molecule has 0 aromatic heterocycles. The van der Waals surface area contributed by atoms with Crippen molar-refractivity contribution >= 4 is 0 Å². The third-order valence-corrected chi connectivity index (χ3v) is 2.70. The molecule has 0 fully saturated rings. The molecule has 1 nitrogen and oxygen atoms in total. The van der Waals surface area contributed by atoms with Crippen LogP contribution in [0.25, 0.3) is 0 Å². The predicted molar refractivity (Wildman–Crippen MR) is 62.3 cm³/mol. The molecule has 0 spiro atoms. The molecule has 14 heavy (non-hydrogen) atoms. The first kappa shape index (κ1) is 11.3. The van der Waals surface area contributed by atoms with Crippen molar-refractivity contribution in [2.75, 3.05) is 0 Å². The van der Waals surface area contributed by atoms with Crippen LogP contribution in [-0.2, 0) is 6.42 Å². The average Bonchev–Trinajstić information content (AvgIpc) is 2.25. The maximum atomic E-state index is 6.16. The molecule has 1 rings (SSSR count). The van der Waals surface area contributed by atoms with Crippen molar-refractivity contribution in [1.82, 2.24) is 0 Å². The second-order valence-electron chi connectivity index (χ2n) is 3.80. The zero-order valence-corrected chi connectivity index (χ0v) is 9.29. The van der Waals surface area contributed by atoms with E-state index in [1.807, 2.05) is 0 Å². The van der Waals surface area contributed by atoms with Crippen LogP contribution in [0.15, 0.2) is 24.3 Å². The van der Waals surface area contributed by atoms with Gasteiger partial charge in [-0.3, -0.25) is 0 Å². The van der Waals surface area contributed by atoms with Gasteiger partial charge in [0.05, 0.1) is 0 Å². The van der Waals surface area contributed by atoms with Crippen LogP contribution >= 0.6 is 0 Å². The summed E-state index contributed by atoms with van der Waals surface area (Å²) in [5, 5.41) is 0. The highest BCUT2D eigenvalue weighted by Gasteiger charge is 2.08. The molecule has 0 bridgehead atoms. The van der Waals surface area contributed by atoms with Gasteiger partial charge in [0.15, 0.2) is 0 Å². The van der Waals surface area contributed by atoms with Gasteiger partial charge in [-0.2, -0.15) is 0 Å². The van der Waals surface area contributed by atoms with Gasteiger partial charge in [-0.05, 0) is 24.0 Å². The van der Waals surface area contributed by atoms with Gasteiger partial charge in [0, 0.05) is 6.04 Å². The van der Waals surface area contributed by atoms with Crippen molar-refractivity contribution in [1.29, 1.82) is 0 Å². The number of nitrogens with two attached hydrogens (primary N) is 1. The highest BCUT2D eigenvalue weighted by Crippen LogP contribution is 2.20. The largest absolute Gasteiger partial charge is 0.324 e. The van der Waals surface area contributed by atoms with Crippen LogP contribution in [0.5, 0.6) is 0 Å². The maximum Gasteiger partial charge on any atom is 0.0297 e. The van der Waals surface area contributed by atoms with E-state index in [1.165, 1.54) is 24.0 Å². The van der Waals surface area contributed by atoms with Gasteiger partial charge >= 0.3 is 0 Å². The minimum absolute atomic E-state index is 0.228. The summed E-state index contributed by atoms with van der Waals surface area (Å²) in [6.45, 7) is 4.39. The maximum absolute atomic E-state index is 6.16. The molecular formula is C13H21N. The van der Waals surface area contributed by atoms with E-state index in [1.54, 1.807) is 0 Å². The van der Waals surface area contributed by atoms with Gasteiger partial charge in [-0.15, -0.1) is 0 Å². The first-order valence-corrected chi connectivity index (χ1v) is 5.63. The molecule has 0 aliphatic heterocycles. The Hall–Kier alpha value is -0.820. The van der Waals surface area contributed by atoms with E-state index in [4.69, 9.17) is 5.73 Å². The second-order valence-corrected chi connectivity index (χ2v) is 3.80. The molecule has 0 unspecified atom stereocenters. The van der Waals surface area contributed by atoms with Gasteiger partial charge < -0.3 is 5.73 Å². The standard InChI is InChI=1S/C13H21N/c1-3-5-10-13(14)12-9-7-6-8-11(12)4-2/h6-9,13H,3-5,10,14H2,1-2H3/t13-/m0/s1. The van der Waals surface area contributed by atoms with E-state index in [2.05, 4.69) is 38.1 Å². The van der Waals surface area contributed by atoms with Gasteiger partial charge in [0.1, 0.15) is 0 Å². The lowest BCUT2D eigenvalue weighted by atomic mass is 9.96. The Morgan fingerprint density at radius 1 is 1.21 bits per heavy atom. The highest BCUT2D eigenvalue weighted by molar-refractivity contribution is 5.29. The van der Waals surface area contributed by atoms with Crippen molar-refractivity contribution in [3.63, 3.8) is 0 Å². The molecule has 0 amide bonds. The molecule has 1 heteroatoms. The van der Waals surface area contributed by atoms with Crippen LogP contribution in [0, 0.1) is 0 Å². The zero-order valence-electron chi connectivity index (χ0n) is 9.29. The van der Waals surface area contributed by atoms with Crippen molar-refractivity contribution in [2.45, 2.75) is 45.6 Å². The number of rotatable bonds is 5. The average molecular weight is 191 g/mol. The first-order valence-electron chi connectivity index (χ1n) is 5.63. The number of aryl methyl sites for hydroxylation is 1. The van der Waals surface area contributed by atoms with E-state index in [9.17, 15) is 0 Å². The summed E-state index contributed by atoms with van der Waals surface area (Å²) >= 11 is 0. The zero-order chi connectivity index (χ0) is 10.4. The van der Waals surface area contributed by atoms with Crippen LogP contribution in [0.2, 0.25) is 0 Å². The van der Waals surface area contributed by atoms with E-state index in [0.29, 0.717) is 0 Å². The van der Waals surface area contributed by atoms with Gasteiger partial charge in [0.2, 0.25) is 0 Å². The number of unbranched alkanes of at least 4 members (excludes halogenated alkanes) is 1. The smallest absolute Gasteiger partial charge is 0.0297 e. The van der Waals surface area contributed by atoms with Crippen molar-refractivity contribution in [3.8, 4) is 0 Å². The Morgan fingerprint density at radius 2 is 1.93 bits per heavy atom. The number of hydrogen-bond donors (Lipinski definition) is 1. The lowest BCUT2D eigenvalue weighted by Gasteiger charge is -2.15. The van der Waals surface area contributed by atoms with Gasteiger partial charge in [0.25, 0.3) is 0 Å². The normalized spacial score (nSPS) is 12.8. The fraction of sp³-hybridized carbons (Fsp3) is 0.538. The molecule has 2 N–H and O–H groups in total. The van der Waals surface area contributed by atoms with E-state index in [-0.39, 0.29) is 6.04 Å². The molecule has 1 aromatic rings. The summed E-state index contributed by atoms with van der Waals surface area (Å²) in [5.74, 6) is 0.